The fourth-order valence-electron chi connectivity index (χ4n) is 9.94. The summed E-state index contributed by atoms with van der Waals surface area (Å²) in [6.07, 6.45) is 7.68. The van der Waals surface area contributed by atoms with Gasteiger partial charge in [0.2, 0.25) is 18.3 Å². The Labute approximate surface area is 396 Å². The zero-order valence-electron chi connectivity index (χ0n) is 39.2. The van der Waals surface area contributed by atoms with Gasteiger partial charge in [0.25, 0.3) is 0 Å². The summed E-state index contributed by atoms with van der Waals surface area (Å²) in [5.41, 5.74) is 6.11. The van der Waals surface area contributed by atoms with Crippen LogP contribution >= 0.6 is 0 Å². The topological polar surface area (TPSA) is 99.3 Å². The number of rotatable bonds is 18. The van der Waals surface area contributed by atoms with Crippen LogP contribution in [0.4, 0.5) is 0 Å². The number of ether oxygens (including phenoxy) is 6. The van der Waals surface area contributed by atoms with E-state index in [2.05, 4.69) is 66.4 Å². The number of aromatic amines is 1. The Morgan fingerprint density at radius 2 is 1.34 bits per heavy atom. The van der Waals surface area contributed by atoms with Crippen molar-refractivity contribution in [1.29, 1.82) is 0 Å². The first-order valence-corrected chi connectivity index (χ1v) is 24.3. The van der Waals surface area contributed by atoms with Gasteiger partial charge in [-0.2, -0.15) is 0 Å². The molecule has 5 aromatic carbocycles. The molecule has 3 aliphatic heterocycles. The normalized spacial score (nSPS) is 21.9. The van der Waals surface area contributed by atoms with Gasteiger partial charge in [-0.05, 0) is 135 Å². The molecule has 3 fully saturated rings. The zero-order chi connectivity index (χ0) is 45.8. The van der Waals surface area contributed by atoms with Gasteiger partial charge in [0.15, 0.2) is 12.2 Å². The molecule has 0 aliphatic carbocycles. The largest absolute Gasteiger partial charge is 0.491 e. The van der Waals surface area contributed by atoms with Crippen molar-refractivity contribution in [2.24, 2.45) is 5.41 Å². The number of hydrogen-bond acceptors (Lipinski definition) is 9. The third-order valence-electron chi connectivity index (χ3n) is 13.5. The molecule has 10 nitrogen and oxygen atoms in total. The van der Waals surface area contributed by atoms with E-state index in [4.69, 9.17) is 33.5 Å². The zero-order valence-corrected chi connectivity index (χ0v) is 39.2. The molecular formula is C57H66N4O6. The third kappa shape index (κ3) is 11.9. The summed E-state index contributed by atoms with van der Waals surface area (Å²) in [5.74, 6) is 3.27. The molecule has 3 aliphatic rings. The average molecular weight is 903 g/mol. The molecule has 6 aromatic rings. The third-order valence-corrected chi connectivity index (χ3v) is 13.5. The first kappa shape index (κ1) is 46.1. The number of aryl methyl sites for hydroxylation is 1. The number of hydrogen-bond donors (Lipinski definition) is 2. The summed E-state index contributed by atoms with van der Waals surface area (Å²) >= 11 is 0. The maximum absolute atomic E-state index is 7.04. The number of nitrogens with zero attached hydrogens (tertiary/aromatic N) is 2. The summed E-state index contributed by atoms with van der Waals surface area (Å²) in [4.78, 5) is 2.70. The van der Waals surface area contributed by atoms with Crippen molar-refractivity contribution in [3.8, 4) is 28.9 Å². The van der Waals surface area contributed by atoms with E-state index in [1.54, 1.807) is 0 Å². The molecule has 0 saturated carbocycles. The fraction of sp³-hybridized carbons (Fsp3) is 0.386. The predicted octanol–water partition coefficient (Wildman–Crippen LogP) is 10.8. The summed E-state index contributed by atoms with van der Waals surface area (Å²) in [6, 6.07) is 45.6. The van der Waals surface area contributed by atoms with Gasteiger partial charge < -0.3 is 38.6 Å². The van der Waals surface area contributed by atoms with E-state index in [-0.39, 0.29) is 12.5 Å². The van der Waals surface area contributed by atoms with Gasteiger partial charge in [0.05, 0.1) is 0 Å². The number of aromatic nitrogens is 2. The van der Waals surface area contributed by atoms with Crippen LogP contribution in [0, 0.1) is 12.3 Å². The number of para-hydroxylation sites is 4. The molecule has 3 saturated heterocycles. The highest BCUT2D eigenvalue weighted by Crippen LogP contribution is 2.39. The minimum Gasteiger partial charge on any atom is -0.491 e. The molecule has 2 N–H and O–H groups in total. The first-order valence-electron chi connectivity index (χ1n) is 24.3. The number of benzene rings is 5. The average Bonchev–Trinajstić information content (AvgIpc) is 3.75. The van der Waals surface area contributed by atoms with Crippen molar-refractivity contribution in [1.82, 2.24) is 20.4 Å². The maximum atomic E-state index is 7.04. The lowest BCUT2D eigenvalue weighted by Gasteiger charge is -2.45. The van der Waals surface area contributed by atoms with E-state index in [1.807, 2.05) is 121 Å². The van der Waals surface area contributed by atoms with Gasteiger partial charge in [0, 0.05) is 30.8 Å². The highest BCUT2D eigenvalue weighted by Gasteiger charge is 2.53. The molecule has 350 valence electrons. The Balaban J connectivity index is 0.986. The summed E-state index contributed by atoms with van der Waals surface area (Å²) in [5, 5.41) is 11.7. The monoisotopic (exact) mass is 902 g/mol. The number of piperidine rings is 2. The molecule has 0 bridgehead atoms. The standard InChI is InChI=1S/C57H66N4O6/c1-41(2)51-49(38-44-29-28-43(37-42(44)3)19-16-17-35-61-36-18-30-57(40-61)31-33-58-34-32-57)55(60-59-51)67-56-54(65-48-26-14-7-15-27-48)53(64-47-24-12-6-13-25-47)52(63-46-22-10-5-11-23-46)50(66-56)39-62-45-20-8-4-9-21-45/h4-16,19-29,37,41,50,52-54,56,58H,17-18,30-36,38-40H2,1-3H3,(H,59,60)/b19-16+/t50-,52-,53+,54-,56+/m1/s1. The Bertz CT molecular complexity index is 2450. The van der Waals surface area contributed by atoms with Crippen LogP contribution in [0.1, 0.15) is 79.8 Å². The van der Waals surface area contributed by atoms with E-state index in [0.29, 0.717) is 40.7 Å². The molecular weight excluding hydrogens is 837 g/mol. The van der Waals surface area contributed by atoms with E-state index >= 15 is 0 Å². The van der Waals surface area contributed by atoms with Crippen molar-refractivity contribution in [3.05, 3.63) is 174 Å². The lowest BCUT2D eigenvalue weighted by Crippen LogP contribution is -2.66. The van der Waals surface area contributed by atoms with Crippen molar-refractivity contribution in [2.75, 3.05) is 39.3 Å². The van der Waals surface area contributed by atoms with E-state index in [0.717, 1.165) is 24.2 Å². The van der Waals surface area contributed by atoms with Crippen molar-refractivity contribution in [2.45, 2.75) is 95.9 Å². The van der Waals surface area contributed by atoms with E-state index in [9.17, 15) is 0 Å². The second-order valence-electron chi connectivity index (χ2n) is 18.7. The molecule has 0 amide bonds. The summed E-state index contributed by atoms with van der Waals surface area (Å²) in [6.45, 7) is 12.6. The Morgan fingerprint density at radius 1 is 0.731 bits per heavy atom. The molecule has 5 atom stereocenters. The molecule has 0 unspecified atom stereocenters. The van der Waals surface area contributed by atoms with Crippen LogP contribution in [0.15, 0.2) is 146 Å². The molecule has 0 radical (unpaired) electrons. The van der Waals surface area contributed by atoms with Crippen LogP contribution in [0.3, 0.4) is 0 Å². The van der Waals surface area contributed by atoms with Crippen molar-refractivity contribution < 1.29 is 28.4 Å². The van der Waals surface area contributed by atoms with Gasteiger partial charge in [-0.1, -0.05) is 117 Å². The van der Waals surface area contributed by atoms with Crippen molar-refractivity contribution >= 4 is 6.08 Å². The molecule has 9 rings (SSSR count). The number of likely N-dealkylation sites (tertiary alicyclic amines) is 1. The van der Waals surface area contributed by atoms with Crippen molar-refractivity contribution in [3.63, 3.8) is 0 Å². The van der Waals surface area contributed by atoms with Gasteiger partial charge >= 0.3 is 0 Å². The minimum atomic E-state index is -1.00. The van der Waals surface area contributed by atoms with E-state index < -0.39 is 30.7 Å². The quantitative estimate of drug-likeness (QED) is 0.0873. The van der Waals surface area contributed by atoms with E-state index in [1.165, 1.54) is 68.6 Å². The van der Waals surface area contributed by atoms with Gasteiger partial charge in [-0.3, -0.25) is 5.10 Å². The molecule has 4 heterocycles. The lowest BCUT2D eigenvalue weighted by atomic mass is 9.73. The first-order chi connectivity index (χ1) is 32.9. The number of nitrogens with one attached hydrogen (secondary N) is 2. The van der Waals surface area contributed by atoms with Crippen LogP contribution in [-0.4, -0.2) is 85.1 Å². The van der Waals surface area contributed by atoms with Crippen LogP contribution in [0.25, 0.3) is 6.08 Å². The minimum absolute atomic E-state index is 0.148. The smallest absolute Gasteiger partial charge is 0.243 e. The fourth-order valence-corrected chi connectivity index (χ4v) is 9.94. The van der Waals surface area contributed by atoms with Gasteiger partial charge in [-0.15, -0.1) is 5.10 Å². The second kappa shape index (κ2) is 22.2. The number of H-pyrrole nitrogens is 1. The second-order valence-corrected chi connectivity index (χ2v) is 18.7. The molecule has 10 heteroatoms. The van der Waals surface area contributed by atoms with Crippen LogP contribution in [0.5, 0.6) is 28.9 Å². The van der Waals surface area contributed by atoms with Crippen LogP contribution in [0.2, 0.25) is 0 Å². The Morgan fingerprint density at radius 3 is 1.97 bits per heavy atom. The molecule has 1 spiro atoms. The predicted molar refractivity (Wildman–Crippen MR) is 264 cm³/mol. The highest BCUT2D eigenvalue weighted by molar-refractivity contribution is 5.53. The summed E-state index contributed by atoms with van der Waals surface area (Å²) in [7, 11) is 0. The maximum Gasteiger partial charge on any atom is 0.243 e. The van der Waals surface area contributed by atoms with Gasteiger partial charge in [-0.25, -0.2) is 0 Å². The molecule has 67 heavy (non-hydrogen) atoms. The van der Waals surface area contributed by atoms with Crippen LogP contribution < -0.4 is 29.0 Å². The lowest BCUT2D eigenvalue weighted by molar-refractivity contribution is -0.261. The summed E-state index contributed by atoms with van der Waals surface area (Å²) < 4.78 is 41.2. The SMILES string of the molecule is Cc1cc(/C=C/CCN2CCCC3(CCNCC3)C2)ccc1Cc1c(O[C@@H]2O[C@H](COc3ccccc3)[C@@H](Oc3ccccc3)[C@H](Oc3ccccc3)[C@H]2Oc2ccccc2)n[nH]c1C(C)C. The Kier molecular flexibility index (Phi) is 15.2. The Hall–Kier alpha value is -6.07. The van der Waals surface area contributed by atoms with Gasteiger partial charge in [0.1, 0.15) is 35.7 Å². The highest BCUT2D eigenvalue weighted by atomic mass is 16.7. The molecule has 1 aromatic heterocycles. The van der Waals surface area contributed by atoms with Crippen LogP contribution in [-0.2, 0) is 11.2 Å².